The number of Topliss-reactive ketones (excluding diaryl/α,β-unsaturated/α-hetero) is 1. The summed E-state index contributed by atoms with van der Waals surface area (Å²) < 4.78 is 4.77. The Morgan fingerprint density at radius 2 is 2.12 bits per heavy atom. The first-order valence-corrected chi connectivity index (χ1v) is 8.57. The molecule has 0 amide bonds. The van der Waals surface area contributed by atoms with E-state index >= 15 is 0 Å². The van der Waals surface area contributed by atoms with E-state index in [0.29, 0.717) is 18.7 Å². The summed E-state index contributed by atoms with van der Waals surface area (Å²) in [6.07, 6.45) is 4.05. The van der Waals surface area contributed by atoms with Crippen LogP contribution < -0.4 is 0 Å². The molecule has 6 nitrogen and oxygen atoms in total. The molecular weight excluding hydrogens is 318 g/mol. The number of aromatic amines is 1. The fraction of sp³-hybridized carbons (Fsp3) is 0.421. The van der Waals surface area contributed by atoms with Crippen molar-refractivity contribution in [3.63, 3.8) is 0 Å². The van der Waals surface area contributed by atoms with E-state index in [0.717, 1.165) is 37.1 Å². The number of carbonyl (C=O) groups is 2. The highest BCUT2D eigenvalue weighted by molar-refractivity contribution is 5.88. The molecule has 1 aliphatic heterocycles. The lowest BCUT2D eigenvalue weighted by Crippen LogP contribution is -2.39. The van der Waals surface area contributed by atoms with Crippen LogP contribution in [0.25, 0.3) is 0 Å². The van der Waals surface area contributed by atoms with Crippen LogP contribution in [0.3, 0.4) is 0 Å². The van der Waals surface area contributed by atoms with E-state index in [9.17, 15) is 9.59 Å². The molecule has 1 aromatic carbocycles. The van der Waals surface area contributed by atoms with E-state index in [1.54, 1.807) is 6.20 Å². The van der Waals surface area contributed by atoms with Crippen molar-refractivity contribution in [2.75, 3.05) is 20.2 Å². The first kappa shape index (κ1) is 17.4. The van der Waals surface area contributed by atoms with E-state index in [2.05, 4.69) is 15.1 Å². The van der Waals surface area contributed by atoms with Gasteiger partial charge in [-0.2, -0.15) is 5.10 Å². The molecule has 132 valence electrons. The molecule has 1 N–H and O–H groups in total. The second-order valence-corrected chi connectivity index (χ2v) is 6.46. The van der Waals surface area contributed by atoms with Crippen molar-refractivity contribution in [1.82, 2.24) is 15.1 Å². The van der Waals surface area contributed by atoms with Gasteiger partial charge in [-0.25, -0.2) is 4.79 Å². The predicted molar refractivity (Wildman–Crippen MR) is 93.1 cm³/mol. The first-order valence-electron chi connectivity index (χ1n) is 8.57. The van der Waals surface area contributed by atoms with Gasteiger partial charge in [-0.3, -0.25) is 14.8 Å². The Hall–Kier alpha value is -2.47. The third kappa shape index (κ3) is 4.33. The van der Waals surface area contributed by atoms with Crippen molar-refractivity contribution in [2.24, 2.45) is 5.92 Å². The maximum Gasteiger partial charge on any atom is 0.356 e. The summed E-state index contributed by atoms with van der Waals surface area (Å²) in [5.41, 5.74) is 2.26. The largest absolute Gasteiger partial charge is 0.464 e. The zero-order valence-electron chi connectivity index (χ0n) is 14.4. The minimum Gasteiger partial charge on any atom is -0.464 e. The lowest BCUT2D eigenvalue weighted by molar-refractivity contribution is -0.124. The smallest absolute Gasteiger partial charge is 0.356 e. The van der Waals surface area contributed by atoms with Crippen molar-refractivity contribution >= 4 is 11.8 Å². The topological polar surface area (TPSA) is 75.3 Å². The summed E-state index contributed by atoms with van der Waals surface area (Å²) in [4.78, 5) is 26.6. The van der Waals surface area contributed by atoms with Gasteiger partial charge in [-0.05, 0) is 24.9 Å². The molecule has 1 saturated heterocycles. The van der Waals surface area contributed by atoms with E-state index in [4.69, 9.17) is 4.74 Å². The molecule has 6 heteroatoms. The van der Waals surface area contributed by atoms with E-state index < -0.39 is 5.97 Å². The monoisotopic (exact) mass is 341 g/mol. The first-order chi connectivity index (χ1) is 12.2. The van der Waals surface area contributed by atoms with Gasteiger partial charge in [0.2, 0.25) is 0 Å². The van der Waals surface area contributed by atoms with Gasteiger partial charge in [0.1, 0.15) is 11.5 Å². The van der Waals surface area contributed by atoms with Gasteiger partial charge in [0, 0.05) is 31.0 Å². The molecule has 0 aliphatic carbocycles. The van der Waals surface area contributed by atoms with Crippen molar-refractivity contribution in [3.8, 4) is 0 Å². The summed E-state index contributed by atoms with van der Waals surface area (Å²) in [6.45, 7) is 2.23. The Bertz CT molecular complexity index is 727. The second kappa shape index (κ2) is 8.07. The number of H-pyrrole nitrogens is 1. The number of aromatic nitrogens is 2. The highest BCUT2D eigenvalue weighted by Gasteiger charge is 2.27. The van der Waals surface area contributed by atoms with Crippen LogP contribution in [0, 0.1) is 5.92 Å². The SMILES string of the molecule is COC(=O)c1[nH]ncc1CN1CCC[C@@H](C(=O)Cc2ccccc2)C1. The Morgan fingerprint density at radius 3 is 2.88 bits per heavy atom. The zero-order chi connectivity index (χ0) is 17.6. The number of esters is 1. The molecule has 1 aliphatic rings. The number of nitrogens with one attached hydrogen (secondary N) is 1. The number of rotatable bonds is 6. The number of ether oxygens (including phenoxy) is 1. The van der Waals surface area contributed by atoms with Crippen molar-refractivity contribution < 1.29 is 14.3 Å². The molecule has 0 unspecified atom stereocenters. The molecule has 1 fully saturated rings. The fourth-order valence-electron chi connectivity index (χ4n) is 3.35. The maximum absolute atomic E-state index is 12.6. The average molecular weight is 341 g/mol. The summed E-state index contributed by atoms with van der Waals surface area (Å²) in [5.74, 6) is -0.0834. The molecule has 1 atom stereocenters. The third-order valence-electron chi connectivity index (χ3n) is 4.68. The number of hydrogen-bond donors (Lipinski definition) is 1. The molecule has 2 aromatic rings. The van der Waals surface area contributed by atoms with Gasteiger partial charge in [-0.1, -0.05) is 30.3 Å². The molecule has 2 heterocycles. The summed E-state index contributed by atoms with van der Waals surface area (Å²) in [6, 6.07) is 9.87. The molecule has 0 radical (unpaired) electrons. The number of carbonyl (C=O) groups excluding carboxylic acids is 2. The number of methoxy groups -OCH3 is 1. The number of benzene rings is 1. The lowest BCUT2D eigenvalue weighted by atomic mass is 9.90. The van der Waals surface area contributed by atoms with Crippen LogP contribution in [0.4, 0.5) is 0 Å². The molecular formula is C19H23N3O3. The van der Waals surface area contributed by atoms with Gasteiger partial charge in [0.25, 0.3) is 0 Å². The van der Waals surface area contributed by atoms with Crippen LogP contribution in [-0.4, -0.2) is 47.0 Å². The highest BCUT2D eigenvalue weighted by atomic mass is 16.5. The highest BCUT2D eigenvalue weighted by Crippen LogP contribution is 2.21. The van der Waals surface area contributed by atoms with Crippen LogP contribution >= 0.6 is 0 Å². The number of likely N-dealkylation sites (tertiary alicyclic amines) is 1. The summed E-state index contributed by atoms with van der Waals surface area (Å²) in [5, 5.41) is 6.64. The molecule has 25 heavy (non-hydrogen) atoms. The molecule has 0 spiro atoms. The Labute approximate surface area is 147 Å². The van der Waals surface area contributed by atoms with Crippen LogP contribution in [0.1, 0.15) is 34.5 Å². The number of hydrogen-bond acceptors (Lipinski definition) is 5. The number of nitrogens with zero attached hydrogens (tertiary/aromatic N) is 2. The quantitative estimate of drug-likeness (QED) is 0.816. The van der Waals surface area contributed by atoms with Gasteiger partial charge >= 0.3 is 5.97 Å². The Balaban J connectivity index is 1.61. The average Bonchev–Trinajstić information content (AvgIpc) is 3.10. The Kier molecular flexibility index (Phi) is 5.60. The number of piperidine rings is 1. The minimum absolute atomic E-state index is 0.0439. The zero-order valence-corrected chi connectivity index (χ0v) is 14.4. The predicted octanol–water partition coefficient (Wildman–Crippen LogP) is 2.22. The summed E-state index contributed by atoms with van der Waals surface area (Å²) in [7, 11) is 1.35. The minimum atomic E-state index is -0.416. The van der Waals surface area contributed by atoms with Crippen LogP contribution in [-0.2, 0) is 22.5 Å². The lowest BCUT2D eigenvalue weighted by Gasteiger charge is -2.31. The van der Waals surface area contributed by atoms with Crippen LogP contribution in [0.15, 0.2) is 36.5 Å². The van der Waals surface area contributed by atoms with Gasteiger partial charge in [0.15, 0.2) is 0 Å². The van der Waals surface area contributed by atoms with Gasteiger partial charge in [-0.15, -0.1) is 0 Å². The van der Waals surface area contributed by atoms with Gasteiger partial charge in [0.05, 0.1) is 13.3 Å². The normalized spacial score (nSPS) is 18.0. The van der Waals surface area contributed by atoms with E-state index in [-0.39, 0.29) is 11.7 Å². The maximum atomic E-state index is 12.6. The third-order valence-corrected chi connectivity index (χ3v) is 4.68. The number of ketones is 1. The molecule has 0 bridgehead atoms. The van der Waals surface area contributed by atoms with E-state index in [1.807, 2.05) is 30.3 Å². The molecule has 0 saturated carbocycles. The fourth-order valence-corrected chi connectivity index (χ4v) is 3.35. The van der Waals surface area contributed by atoms with Gasteiger partial charge < -0.3 is 4.74 Å². The second-order valence-electron chi connectivity index (χ2n) is 6.46. The van der Waals surface area contributed by atoms with E-state index in [1.165, 1.54) is 7.11 Å². The van der Waals surface area contributed by atoms with Crippen molar-refractivity contribution in [3.05, 3.63) is 53.3 Å². The molecule has 3 rings (SSSR count). The van der Waals surface area contributed by atoms with Crippen LogP contribution in [0.5, 0.6) is 0 Å². The van der Waals surface area contributed by atoms with Crippen molar-refractivity contribution in [1.29, 1.82) is 0 Å². The molecule has 1 aromatic heterocycles. The summed E-state index contributed by atoms with van der Waals surface area (Å²) >= 11 is 0. The van der Waals surface area contributed by atoms with Crippen molar-refractivity contribution in [2.45, 2.75) is 25.8 Å². The van der Waals surface area contributed by atoms with Crippen LogP contribution in [0.2, 0.25) is 0 Å². The Morgan fingerprint density at radius 1 is 1.32 bits per heavy atom. The standard InChI is InChI=1S/C19H23N3O3/c1-25-19(24)18-16(11-20-21-18)13-22-9-5-8-15(12-22)17(23)10-14-6-3-2-4-7-14/h2-4,6-7,11,15H,5,8-10,12-13H2,1H3,(H,20,21)/t15-/m1/s1.